The number of guanidine groups is 1. The summed E-state index contributed by atoms with van der Waals surface area (Å²) in [6.45, 7) is 8.81. The zero-order chi connectivity index (χ0) is 17.9. The van der Waals surface area contributed by atoms with Crippen LogP contribution < -0.4 is 15.5 Å². The predicted molar refractivity (Wildman–Crippen MR) is 123 cm³/mol. The maximum atomic E-state index is 4.66. The van der Waals surface area contributed by atoms with E-state index in [1.807, 2.05) is 17.8 Å². The number of aliphatic imine (C=N–C) groups is 1. The van der Waals surface area contributed by atoms with Gasteiger partial charge in [-0.15, -0.1) is 24.0 Å². The highest BCUT2D eigenvalue weighted by molar-refractivity contribution is 14.0. The van der Waals surface area contributed by atoms with Gasteiger partial charge in [-0.25, -0.2) is 4.99 Å². The average molecular weight is 469 g/mol. The number of rotatable bonds is 9. The van der Waals surface area contributed by atoms with Gasteiger partial charge in [0.05, 0.1) is 6.54 Å². The molecule has 2 rings (SSSR count). The molecule has 1 aromatic heterocycles. The maximum Gasteiger partial charge on any atom is 0.191 e. The van der Waals surface area contributed by atoms with Crippen LogP contribution in [0.15, 0.2) is 53.8 Å². The van der Waals surface area contributed by atoms with Crippen molar-refractivity contribution in [3.05, 3.63) is 54.4 Å². The Morgan fingerprint density at radius 1 is 1.12 bits per heavy atom. The molecular formula is C20H32IN5. The van der Waals surface area contributed by atoms with E-state index < -0.39 is 0 Å². The molecule has 6 heteroatoms. The highest BCUT2D eigenvalue weighted by atomic mass is 127. The largest absolute Gasteiger partial charge is 0.372 e. The van der Waals surface area contributed by atoms with Gasteiger partial charge in [-0.3, -0.25) is 0 Å². The lowest BCUT2D eigenvalue weighted by Crippen LogP contribution is -2.38. The Morgan fingerprint density at radius 3 is 2.50 bits per heavy atom. The molecular weight excluding hydrogens is 437 g/mol. The smallest absolute Gasteiger partial charge is 0.191 e. The minimum atomic E-state index is 0. The number of hydrogen-bond donors (Lipinski definition) is 2. The minimum Gasteiger partial charge on any atom is -0.372 e. The van der Waals surface area contributed by atoms with E-state index in [9.17, 15) is 0 Å². The molecule has 2 N–H and O–H groups in total. The van der Waals surface area contributed by atoms with Gasteiger partial charge in [-0.2, -0.15) is 0 Å². The summed E-state index contributed by atoms with van der Waals surface area (Å²) in [5.74, 6) is 0.883. The molecule has 2 aromatic rings. The van der Waals surface area contributed by atoms with Crippen molar-refractivity contribution in [2.24, 2.45) is 12.0 Å². The second-order valence-corrected chi connectivity index (χ2v) is 6.08. The van der Waals surface area contributed by atoms with E-state index in [0.717, 1.165) is 38.6 Å². The fraction of sp³-hybridized carbons (Fsp3) is 0.450. The number of para-hydroxylation sites is 1. The predicted octanol–water partition coefficient (Wildman–Crippen LogP) is 3.61. The van der Waals surface area contributed by atoms with E-state index in [1.165, 1.54) is 11.3 Å². The summed E-state index contributed by atoms with van der Waals surface area (Å²) in [4.78, 5) is 7.06. The molecule has 26 heavy (non-hydrogen) atoms. The van der Waals surface area contributed by atoms with E-state index in [-0.39, 0.29) is 24.0 Å². The Labute approximate surface area is 174 Å². The second-order valence-electron chi connectivity index (χ2n) is 6.08. The molecule has 1 aromatic carbocycles. The van der Waals surface area contributed by atoms with Gasteiger partial charge in [0, 0.05) is 51.3 Å². The Hall–Kier alpha value is -1.70. The Kier molecular flexibility index (Phi) is 10.8. The Morgan fingerprint density at radius 2 is 1.88 bits per heavy atom. The Balaban J connectivity index is 0.00000338. The highest BCUT2D eigenvalue weighted by Gasteiger charge is 2.03. The second kappa shape index (κ2) is 12.6. The van der Waals surface area contributed by atoms with Crippen LogP contribution in [0.25, 0.3) is 0 Å². The number of anilines is 1. The van der Waals surface area contributed by atoms with Crippen molar-refractivity contribution in [3.8, 4) is 0 Å². The molecule has 144 valence electrons. The fourth-order valence-electron chi connectivity index (χ4n) is 2.75. The monoisotopic (exact) mass is 469 g/mol. The van der Waals surface area contributed by atoms with Gasteiger partial charge >= 0.3 is 0 Å². The molecule has 0 aliphatic heterocycles. The van der Waals surface area contributed by atoms with Gasteiger partial charge in [-0.1, -0.05) is 18.2 Å². The standard InChI is InChI=1S/C20H31N5.HI/c1-4-21-20(23-16-18-12-15-24(3)17-18)22-13-9-14-25(5-2)19-10-7-6-8-11-19;/h6-8,10-12,15,17H,4-5,9,13-14,16H2,1-3H3,(H2,21,22,23);1H. The molecule has 0 saturated carbocycles. The third-order valence-electron chi connectivity index (χ3n) is 4.06. The van der Waals surface area contributed by atoms with Gasteiger partial charge < -0.3 is 20.1 Å². The van der Waals surface area contributed by atoms with Crippen LogP contribution in [0.5, 0.6) is 0 Å². The van der Waals surface area contributed by atoms with Gasteiger partial charge in [0.2, 0.25) is 0 Å². The first-order valence-corrected chi connectivity index (χ1v) is 9.16. The summed E-state index contributed by atoms with van der Waals surface area (Å²) in [5.41, 5.74) is 2.51. The van der Waals surface area contributed by atoms with E-state index in [0.29, 0.717) is 6.54 Å². The lowest BCUT2D eigenvalue weighted by Gasteiger charge is -2.23. The fourth-order valence-corrected chi connectivity index (χ4v) is 2.75. The maximum absolute atomic E-state index is 4.66. The topological polar surface area (TPSA) is 44.6 Å². The van der Waals surface area contributed by atoms with E-state index >= 15 is 0 Å². The van der Waals surface area contributed by atoms with Crippen LogP contribution in [0.4, 0.5) is 5.69 Å². The minimum absolute atomic E-state index is 0. The molecule has 0 spiro atoms. The van der Waals surface area contributed by atoms with Crippen LogP contribution in [0.3, 0.4) is 0 Å². The molecule has 0 aliphatic carbocycles. The molecule has 0 radical (unpaired) electrons. The number of nitrogens with zero attached hydrogens (tertiary/aromatic N) is 3. The zero-order valence-electron chi connectivity index (χ0n) is 16.1. The number of halogens is 1. The average Bonchev–Trinajstić information content (AvgIpc) is 3.05. The molecule has 0 aliphatic rings. The van der Waals surface area contributed by atoms with Gasteiger partial charge in [0.15, 0.2) is 5.96 Å². The molecule has 0 atom stereocenters. The molecule has 0 saturated heterocycles. The summed E-state index contributed by atoms with van der Waals surface area (Å²) >= 11 is 0. The number of aryl methyl sites for hydroxylation is 1. The number of nitrogens with one attached hydrogen (secondary N) is 2. The summed E-state index contributed by atoms with van der Waals surface area (Å²) in [7, 11) is 2.03. The number of benzene rings is 1. The third-order valence-corrected chi connectivity index (χ3v) is 4.06. The van der Waals surface area contributed by atoms with Crippen molar-refractivity contribution in [2.45, 2.75) is 26.8 Å². The van der Waals surface area contributed by atoms with Gasteiger partial charge in [0.1, 0.15) is 0 Å². The highest BCUT2D eigenvalue weighted by Crippen LogP contribution is 2.12. The number of hydrogen-bond acceptors (Lipinski definition) is 2. The molecule has 0 unspecified atom stereocenters. The first-order chi connectivity index (χ1) is 12.2. The van der Waals surface area contributed by atoms with Crippen LogP contribution in [0, 0.1) is 0 Å². The van der Waals surface area contributed by atoms with E-state index in [4.69, 9.17) is 0 Å². The van der Waals surface area contributed by atoms with Crippen molar-refractivity contribution in [1.29, 1.82) is 0 Å². The molecule has 1 heterocycles. The summed E-state index contributed by atoms with van der Waals surface area (Å²) in [6.07, 6.45) is 5.22. The quantitative estimate of drug-likeness (QED) is 0.255. The summed E-state index contributed by atoms with van der Waals surface area (Å²) in [5, 5.41) is 6.75. The lowest BCUT2D eigenvalue weighted by molar-refractivity contribution is 0.709. The lowest BCUT2D eigenvalue weighted by atomic mass is 10.2. The third kappa shape index (κ3) is 7.68. The SMILES string of the molecule is CCNC(=NCc1ccn(C)c1)NCCCN(CC)c1ccccc1.I. The molecule has 0 amide bonds. The van der Waals surface area contributed by atoms with Crippen molar-refractivity contribution in [1.82, 2.24) is 15.2 Å². The van der Waals surface area contributed by atoms with Crippen LogP contribution in [0.1, 0.15) is 25.8 Å². The van der Waals surface area contributed by atoms with Crippen molar-refractivity contribution >= 4 is 35.6 Å². The van der Waals surface area contributed by atoms with Crippen molar-refractivity contribution < 1.29 is 0 Å². The summed E-state index contributed by atoms with van der Waals surface area (Å²) in [6, 6.07) is 12.7. The normalized spacial score (nSPS) is 11.0. The first-order valence-electron chi connectivity index (χ1n) is 9.16. The first kappa shape index (κ1) is 22.3. The zero-order valence-corrected chi connectivity index (χ0v) is 18.4. The van der Waals surface area contributed by atoms with Crippen LogP contribution in [-0.4, -0.2) is 36.7 Å². The van der Waals surface area contributed by atoms with E-state index in [2.05, 4.69) is 77.0 Å². The van der Waals surface area contributed by atoms with E-state index in [1.54, 1.807) is 0 Å². The van der Waals surface area contributed by atoms with Gasteiger partial charge in [0.25, 0.3) is 0 Å². The van der Waals surface area contributed by atoms with Crippen LogP contribution in [0.2, 0.25) is 0 Å². The van der Waals surface area contributed by atoms with Crippen molar-refractivity contribution in [2.75, 3.05) is 31.1 Å². The van der Waals surface area contributed by atoms with Gasteiger partial charge in [-0.05, 0) is 44.0 Å². The Bertz CT molecular complexity index is 639. The molecule has 0 bridgehead atoms. The van der Waals surface area contributed by atoms with Crippen LogP contribution >= 0.6 is 24.0 Å². The number of aromatic nitrogens is 1. The van der Waals surface area contributed by atoms with Crippen molar-refractivity contribution in [3.63, 3.8) is 0 Å². The summed E-state index contributed by atoms with van der Waals surface area (Å²) < 4.78 is 2.05. The van der Waals surface area contributed by atoms with Crippen LogP contribution in [-0.2, 0) is 13.6 Å². The molecule has 0 fully saturated rings. The molecule has 5 nitrogen and oxygen atoms in total.